The van der Waals surface area contributed by atoms with Gasteiger partial charge in [0.05, 0.1) is 18.1 Å². The first-order valence-electron chi connectivity index (χ1n) is 6.44. The molecular weight excluding hydrogens is 276 g/mol. The maximum atomic E-state index is 5.95. The van der Waals surface area contributed by atoms with E-state index in [9.17, 15) is 0 Å². The molecule has 3 rings (SSSR count). The van der Waals surface area contributed by atoms with Gasteiger partial charge in [-0.05, 0) is 19.9 Å². The summed E-state index contributed by atoms with van der Waals surface area (Å²) < 4.78 is 11.7. The van der Waals surface area contributed by atoms with Crippen molar-refractivity contribution >= 4 is 11.6 Å². The first-order chi connectivity index (χ1) is 9.53. The first-order valence-corrected chi connectivity index (χ1v) is 6.81. The van der Waals surface area contributed by atoms with Gasteiger partial charge in [-0.2, -0.15) is 0 Å². The normalized spacial score (nSPS) is 15.6. The van der Waals surface area contributed by atoms with Gasteiger partial charge >= 0.3 is 0 Å². The molecule has 2 aromatic rings. The molecule has 20 heavy (non-hydrogen) atoms. The van der Waals surface area contributed by atoms with E-state index < -0.39 is 0 Å². The number of ether oxygens (including phenoxy) is 2. The Morgan fingerprint density at radius 2 is 2.15 bits per heavy atom. The van der Waals surface area contributed by atoms with Crippen LogP contribution in [0.15, 0.2) is 30.6 Å². The van der Waals surface area contributed by atoms with Crippen LogP contribution in [-0.4, -0.2) is 15.6 Å². The molecule has 0 fully saturated rings. The number of hydrogen-bond donors (Lipinski definition) is 0. The van der Waals surface area contributed by atoms with E-state index >= 15 is 0 Å². The monoisotopic (exact) mass is 290 g/mol. The van der Waals surface area contributed by atoms with E-state index in [1.54, 1.807) is 6.20 Å². The fourth-order valence-electron chi connectivity index (χ4n) is 2.27. The Labute approximate surface area is 122 Å². The van der Waals surface area contributed by atoms with Crippen molar-refractivity contribution in [3.05, 3.63) is 47.0 Å². The lowest BCUT2D eigenvalue weighted by atomic mass is 10.0. The largest absolute Gasteiger partial charge is 0.483 e. The maximum absolute atomic E-state index is 5.95. The molecule has 4 nitrogen and oxygen atoms in total. The Bertz CT molecular complexity index is 626. The Balaban J connectivity index is 1.76. The molecule has 0 N–H and O–H groups in total. The van der Waals surface area contributed by atoms with Crippen molar-refractivity contribution in [3.63, 3.8) is 0 Å². The predicted octanol–water partition coefficient (Wildman–Crippen LogP) is 3.42. The van der Waals surface area contributed by atoms with Gasteiger partial charge in [0.1, 0.15) is 17.4 Å². The van der Waals surface area contributed by atoms with Crippen LogP contribution in [0.5, 0.6) is 11.5 Å². The topological polar surface area (TPSA) is 44.2 Å². The summed E-state index contributed by atoms with van der Waals surface area (Å²) in [6.45, 7) is 4.48. The number of hydrogen-bond acceptors (Lipinski definition) is 4. The molecule has 1 aliphatic heterocycles. The van der Waals surface area contributed by atoms with Crippen LogP contribution in [0.3, 0.4) is 0 Å². The quantitative estimate of drug-likeness (QED) is 0.869. The van der Waals surface area contributed by atoms with Gasteiger partial charge in [-0.15, -0.1) is 0 Å². The van der Waals surface area contributed by atoms with Crippen LogP contribution in [0.2, 0.25) is 5.15 Å². The highest BCUT2D eigenvalue weighted by atomic mass is 35.5. The Hall–Kier alpha value is -1.81. The van der Waals surface area contributed by atoms with E-state index in [4.69, 9.17) is 21.1 Å². The molecule has 0 radical (unpaired) electrons. The first kappa shape index (κ1) is 13.2. The molecule has 0 saturated carbocycles. The maximum Gasteiger partial charge on any atom is 0.165 e. The molecule has 0 amide bonds. The highest BCUT2D eigenvalue weighted by Gasteiger charge is 2.32. The lowest BCUT2D eigenvalue weighted by molar-refractivity contribution is 0.131. The Kier molecular flexibility index (Phi) is 3.26. The third-order valence-electron chi connectivity index (χ3n) is 3.10. The fraction of sp³-hybridized carbons (Fsp3) is 0.333. The molecule has 2 heterocycles. The number of benzene rings is 1. The standard InChI is InChI=1S/C15H15ClN2O2/c1-15(2)6-10-4-3-5-12(14(10)20-15)19-9-11-7-18-13(16)8-17-11/h3-5,7-8H,6,9H2,1-2H3. The minimum absolute atomic E-state index is 0.179. The van der Waals surface area contributed by atoms with Crippen LogP contribution in [0, 0.1) is 0 Å². The van der Waals surface area contributed by atoms with Crippen LogP contribution >= 0.6 is 11.6 Å². The van der Waals surface area contributed by atoms with Crippen molar-refractivity contribution in [2.24, 2.45) is 0 Å². The molecular formula is C15H15ClN2O2. The lowest BCUT2D eigenvalue weighted by Gasteiger charge is -2.18. The zero-order valence-electron chi connectivity index (χ0n) is 11.4. The molecule has 0 spiro atoms. The third kappa shape index (κ3) is 2.70. The highest BCUT2D eigenvalue weighted by Crippen LogP contribution is 2.41. The summed E-state index contributed by atoms with van der Waals surface area (Å²) in [4.78, 5) is 8.13. The lowest BCUT2D eigenvalue weighted by Crippen LogP contribution is -2.24. The average Bonchev–Trinajstić information content (AvgIpc) is 2.72. The molecule has 0 atom stereocenters. The van der Waals surface area contributed by atoms with E-state index in [2.05, 4.69) is 29.9 Å². The third-order valence-corrected chi connectivity index (χ3v) is 3.30. The number of para-hydroxylation sites is 1. The number of rotatable bonds is 3. The van der Waals surface area contributed by atoms with E-state index in [0.29, 0.717) is 11.8 Å². The summed E-state index contributed by atoms with van der Waals surface area (Å²) >= 11 is 5.70. The average molecular weight is 291 g/mol. The summed E-state index contributed by atoms with van der Waals surface area (Å²) in [5.74, 6) is 1.57. The van der Waals surface area contributed by atoms with Gasteiger partial charge < -0.3 is 9.47 Å². The molecule has 0 unspecified atom stereocenters. The number of nitrogens with zero attached hydrogens (tertiary/aromatic N) is 2. The van der Waals surface area contributed by atoms with Crippen molar-refractivity contribution < 1.29 is 9.47 Å². The van der Waals surface area contributed by atoms with Gasteiger partial charge in [0.15, 0.2) is 11.5 Å². The molecule has 0 bridgehead atoms. The van der Waals surface area contributed by atoms with Crippen molar-refractivity contribution in [2.75, 3.05) is 0 Å². The Morgan fingerprint density at radius 1 is 1.30 bits per heavy atom. The molecule has 1 aliphatic rings. The minimum Gasteiger partial charge on any atom is -0.483 e. The van der Waals surface area contributed by atoms with Crippen molar-refractivity contribution in [1.29, 1.82) is 0 Å². The minimum atomic E-state index is -0.179. The van der Waals surface area contributed by atoms with Crippen molar-refractivity contribution in [3.8, 4) is 11.5 Å². The fourth-order valence-corrected chi connectivity index (χ4v) is 2.36. The van der Waals surface area contributed by atoms with Crippen LogP contribution in [0.25, 0.3) is 0 Å². The second-order valence-corrected chi connectivity index (χ2v) is 5.79. The predicted molar refractivity (Wildman–Crippen MR) is 76.2 cm³/mol. The number of halogens is 1. The van der Waals surface area contributed by atoms with E-state index in [-0.39, 0.29) is 5.60 Å². The number of aromatic nitrogens is 2. The second kappa shape index (κ2) is 4.94. The summed E-state index contributed by atoms with van der Waals surface area (Å²) in [5, 5.41) is 0.374. The summed E-state index contributed by atoms with van der Waals surface area (Å²) in [6.07, 6.45) is 4.01. The van der Waals surface area contributed by atoms with Crippen LogP contribution in [0.1, 0.15) is 25.1 Å². The van der Waals surface area contributed by atoms with Gasteiger partial charge in [0.25, 0.3) is 0 Å². The van der Waals surface area contributed by atoms with Gasteiger partial charge in [-0.1, -0.05) is 23.7 Å². The van der Waals surface area contributed by atoms with E-state index in [1.807, 2.05) is 12.1 Å². The molecule has 0 saturated heterocycles. The van der Waals surface area contributed by atoms with E-state index in [1.165, 1.54) is 11.8 Å². The van der Waals surface area contributed by atoms with Crippen molar-refractivity contribution in [1.82, 2.24) is 9.97 Å². The van der Waals surface area contributed by atoms with Crippen LogP contribution < -0.4 is 9.47 Å². The van der Waals surface area contributed by atoms with Crippen LogP contribution in [-0.2, 0) is 13.0 Å². The summed E-state index contributed by atoms with van der Waals surface area (Å²) in [7, 11) is 0. The van der Waals surface area contributed by atoms with Gasteiger partial charge in [-0.25, -0.2) is 4.98 Å². The molecule has 1 aromatic heterocycles. The number of fused-ring (bicyclic) bond motifs is 1. The second-order valence-electron chi connectivity index (χ2n) is 5.40. The van der Waals surface area contributed by atoms with E-state index in [0.717, 1.165) is 23.6 Å². The zero-order valence-corrected chi connectivity index (χ0v) is 12.1. The molecule has 104 valence electrons. The molecule has 5 heteroatoms. The smallest absolute Gasteiger partial charge is 0.165 e. The summed E-state index contributed by atoms with van der Waals surface area (Å²) in [5.41, 5.74) is 1.72. The Morgan fingerprint density at radius 3 is 2.90 bits per heavy atom. The SMILES string of the molecule is CC1(C)Cc2cccc(OCc3cnc(Cl)cn3)c2O1. The van der Waals surface area contributed by atoms with Gasteiger partial charge in [0.2, 0.25) is 0 Å². The molecule has 1 aromatic carbocycles. The highest BCUT2D eigenvalue weighted by molar-refractivity contribution is 6.29. The van der Waals surface area contributed by atoms with Gasteiger partial charge in [0, 0.05) is 12.0 Å². The zero-order chi connectivity index (χ0) is 14.2. The molecule has 0 aliphatic carbocycles. The van der Waals surface area contributed by atoms with Gasteiger partial charge in [-0.3, -0.25) is 4.98 Å². The van der Waals surface area contributed by atoms with Crippen molar-refractivity contribution in [2.45, 2.75) is 32.5 Å². The van der Waals surface area contributed by atoms with Crippen LogP contribution in [0.4, 0.5) is 0 Å². The summed E-state index contributed by atoms with van der Waals surface area (Å²) in [6, 6.07) is 5.95.